The molecule has 4 nitrogen and oxygen atoms in total. The number of carbonyl (C=O) groups is 1. The molecule has 0 aliphatic carbocycles. The number of aromatic nitrogens is 1. The summed E-state index contributed by atoms with van der Waals surface area (Å²) in [5.41, 5.74) is 8.56. The molecule has 104 valence electrons. The molecule has 1 amide bonds. The first-order chi connectivity index (χ1) is 9.56. The number of carbonyl (C=O) groups excluding carboxylic acids is 1. The smallest absolute Gasteiger partial charge is 0.264 e. The van der Waals surface area contributed by atoms with Crippen LogP contribution in [0.25, 0.3) is 0 Å². The summed E-state index contributed by atoms with van der Waals surface area (Å²) in [4.78, 5) is 15.7. The van der Waals surface area contributed by atoms with Gasteiger partial charge in [-0.1, -0.05) is 35.9 Å². The molecule has 0 aliphatic rings. The summed E-state index contributed by atoms with van der Waals surface area (Å²) < 4.78 is 1.94. The predicted molar refractivity (Wildman–Crippen MR) is 78.9 cm³/mol. The van der Waals surface area contributed by atoms with Crippen molar-refractivity contribution < 1.29 is 4.79 Å². The van der Waals surface area contributed by atoms with E-state index in [1.54, 1.807) is 6.92 Å². The Hall–Kier alpha value is -2.20. The van der Waals surface area contributed by atoms with Crippen molar-refractivity contribution in [3.8, 4) is 0 Å². The van der Waals surface area contributed by atoms with Crippen LogP contribution in [0.2, 0.25) is 0 Å². The van der Waals surface area contributed by atoms with Gasteiger partial charge >= 0.3 is 0 Å². The van der Waals surface area contributed by atoms with Crippen LogP contribution in [0.5, 0.6) is 0 Å². The van der Waals surface area contributed by atoms with E-state index in [2.05, 4.69) is 36.2 Å². The Balaban J connectivity index is 2.33. The molecule has 0 bridgehead atoms. The fourth-order valence-corrected chi connectivity index (χ4v) is 1.81. The topological polar surface area (TPSA) is 60.4 Å². The molecule has 20 heavy (non-hydrogen) atoms. The third kappa shape index (κ3) is 3.65. The summed E-state index contributed by atoms with van der Waals surface area (Å²) in [5.74, 6) is -0.311. The molecule has 1 aromatic heterocycles. The van der Waals surface area contributed by atoms with E-state index >= 15 is 0 Å². The number of rotatable bonds is 3. The monoisotopic (exact) mass is 269 g/mol. The minimum atomic E-state index is -0.581. The predicted octanol–water partition coefficient (Wildman–Crippen LogP) is 1.62. The zero-order valence-corrected chi connectivity index (χ0v) is 11.8. The van der Waals surface area contributed by atoms with Crippen molar-refractivity contribution in [2.24, 2.45) is 10.7 Å². The molecule has 1 aromatic carbocycles. The van der Waals surface area contributed by atoms with Crippen LogP contribution in [-0.2, 0) is 11.3 Å². The van der Waals surface area contributed by atoms with Gasteiger partial charge < -0.3 is 10.3 Å². The van der Waals surface area contributed by atoms with Crippen LogP contribution in [0.3, 0.4) is 0 Å². The summed E-state index contributed by atoms with van der Waals surface area (Å²) in [6, 6.07) is 13.3. The van der Waals surface area contributed by atoms with Crippen molar-refractivity contribution >= 4 is 5.91 Å². The normalized spacial score (nSPS) is 13.2. The van der Waals surface area contributed by atoms with Gasteiger partial charge in [0, 0.05) is 12.7 Å². The molecule has 0 radical (unpaired) electrons. The minimum absolute atomic E-state index is 0.311. The van der Waals surface area contributed by atoms with E-state index in [0.29, 0.717) is 12.0 Å². The Bertz CT molecular complexity index is 654. The maximum Gasteiger partial charge on any atom is 0.264 e. The Morgan fingerprint density at radius 1 is 1.25 bits per heavy atom. The Kier molecular flexibility index (Phi) is 4.48. The first kappa shape index (κ1) is 14.2. The van der Waals surface area contributed by atoms with Crippen molar-refractivity contribution in [1.82, 2.24) is 4.57 Å². The molecule has 0 saturated heterocycles. The summed E-state index contributed by atoms with van der Waals surface area (Å²) >= 11 is 0. The van der Waals surface area contributed by atoms with Crippen LogP contribution in [0.1, 0.15) is 18.1 Å². The number of amides is 1. The highest BCUT2D eigenvalue weighted by atomic mass is 16.1. The van der Waals surface area contributed by atoms with Crippen LogP contribution in [-0.4, -0.2) is 16.5 Å². The quantitative estimate of drug-likeness (QED) is 0.920. The highest BCUT2D eigenvalue weighted by molar-refractivity contribution is 5.81. The molecule has 0 aliphatic heterocycles. The van der Waals surface area contributed by atoms with Crippen molar-refractivity contribution in [2.75, 3.05) is 0 Å². The molecular weight excluding hydrogens is 250 g/mol. The molecule has 2 rings (SSSR count). The van der Waals surface area contributed by atoms with Crippen molar-refractivity contribution in [3.63, 3.8) is 0 Å². The second-order valence-corrected chi connectivity index (χ2v) is 4.91. The zero-order valence-electron chi connectivity index (χ0n) is 11.8. The van der Waals surface area contributed by atoms with Crippen LogP contribution >= 0.6 is 0 Å². The zero-order chi connectivity index (χ0) is 14.5. The lowest BCUT2D eigenvalue weighted by molar-refractivity contribution is -0.118. The lowest BCUT2D eigenvalue weighted by Gasteiger charge is -2.08. The molecule has 4 heteroatoms. The maximum absolute atomic E-state index is 11.7. The van der Waals surface area contributed by atoms with Crippen molar-refractivity contribution in [1.29, 1.82) is 0 Å². The Morgan fingerprint density at radius 2 is 1.95 bits per heavy atom. The molecule has 0 spiro atoms. The highest BCUT2D eigenvalue weighted by Gasteiger charge is 2.05. The van der Waals surface area contributed by atoms with E-state index in [1.165, 1.54) is 5.56 Å². The van der Waals surface area contributed by atoms with Gasteiger partial charge in [0.05, 0.1) is 6.04 Å². The van der Waals surface area contributed by atoms with E-state index in [9.17, 15) is 4.79 Å². The molecule has 0 fully saturated rings. The molecule has 1 heterocycles. The van der Waals surface area contributed by atoms with Crippen LogP contribution in [0.15, 0.2) is 53.7 Å². The number of pyridine rings is 1. The summed E-state index contributed by atoms with van der Waals surface area (Å²) in [5, 5.41) is 0. The number of nitrogens with zero attached hydrogens (tertiary/aromatic N) is 2. The SMILES string of the molecule is Cc1ccc(Cn2ccccc2=NC(=O)C(C)N)cc1. The van der Waals surface area contributed by atoms with Gasteiger partial charge in [-0.25, -0.2) is 0 Å². The number of hydrogen-bond acceptors (Lipinski definition) is 2. The van der Waals surface area contributed by atoms with Gasteiger partial charge in [0.25, 0.3) is 5.91 Å². The lowest BCUT2D eigenvalue weighted by Crippen LogP contribution is -2.29. The first-order valence-corrected chi connectivity index (χ1v) is 6.61. The average molecular weight is 269 g/mol. The van der Waals surface area contributed by atoms with E-state index in [1.807, 2.05) is 29.0 Å². The van der Waals surface area contributed by atoms with E-state index in [-0.39, 0.29) is 5.91 Å². The number of hydrogen-bond donors (Lipinski definition) is 1. The summed E-state index contributed by atoms with van der Waals surface area (Å²) in [6.45, 7) is 4.37. The Morgan fingerprint density at radius 3 is 2.60 bits per heavy atom. The standard InChI is InChI=1S/C16H19N3O/c1-12-6-8-14(9-7-12)11-19-10-4-3-5-15(19)18-16(20)13(2)17/h3-10,13H,11,17H2,1-2H3. The summed E-state index contributed by atoms with van der Waals surface area (Å²) in [6.07, 6.45) is 1.91. The average Bonchev–Trinajstić information content (AvgIpc) is 2.43. The lowest BCUT2D eigenvalue weighted by atomic mass is 10.1. The van der Waals surface area contributed by atoms with Gasteiger partial charge in [0.1, 0.15) is 5.49 Å². The van der Waals surface area contributed by atoms with Gasteiger partial charge in [-0.2, -0.15) is 4.99 Å². The second-order valence-electron chi connectivity index (χ2n) is 4.91. The number of benzene rings is 1. The number of nitrogens with two attached hydrogens (primary N) is 1. The minimum Gasteiger partial charge on any atom is -0.328 e. The van der Waals surface area contributed by atoms with Gasteiger partial charge in [0.2, 0.25) is 0 Å². The molecule has 1 atom stereocenters. The summed E-state index contributed by atoms with van der Waals surface area (Å²) in [7, 11) is 0. The third-order valence-electron chi connectivity index (χ3n) is 3.00. The van der Waals surface area contributed by atoms with Crippen LogP contribution in [0.4, 0.5) is 0 Å². The number of aryl methyl sites for hydroxylation is 1. The van der Waals surface area contributed by atoms with Gasteiger partial charge in [-0.15, -0.1) is 0 Å². The maximum atomic E-state index is 11.7. The van der Waals surface area contributed by atoms with Crippen molar-refractivity contribution in [3.05, 3.63) is 65.3 Å². The largest absolute Gasteiger partial charge is 0.328 e. The molecule has 0 saturated carbocycles. The van der Waals surface area contributed by atoms with Gasteiger partial charge in [0.15, 0.2) is 0 Å². The van der Waals surface area contributed by atoms with E-state index < -0.39 is 6.04 Å². The van der Waals surface area contributed by atoms with Crippen molar-refractivity contribution in [2.45, 2.75) is 26.4 Å². The fourth-order valence-electron chi connectivity index (χ4n) is 1.81. The van der Waals surface area contributed by atoms with Gasteiger partial charge in [-0.05, 0) is 31.5 Å². The van der Waals surface area contributed by atoms with E-state index in [4.69, 9.17) is 5.73 Å². The first-order valence-electron chi connectivity index (χ1n) is 6.61. The van der Waals surface area contributed by atoms with E-state index in [0.717, 1.165) is 5.56 Å². The molecule has 2 aromatic rings. The second kappa shape index (κ2) is 6.30. The van der Waals surface area contributed by atoms with Crippen LogP contribution < -0.4 is 11.2 Å². The van der Waals surface area contributed by atoms with Crippen LogP contribution in [0, 0.1) is 6.92 Å². The molecular formula is C16H19N3O. The molecule has 2 N–H and O–H groups in total. The highest BCUT2D eigenvalue weighted by Crippen LogP contribution is 2.04. The fraction of sp³-hybridized carbons (Fsp3) is 0.250. The third-order valence-corrected chi connectivity index (χ3v) is 3.00. The van der Waals surface area contributed by atoms with Gasteiger partial charge in [-0.3, -0.25) is 4.79 Å². The molecule has 1 unspecified atom stereocenters. The Labute approximate surface area is 118 Å².